The van der Waals surface area contributed by atoms with Crippen LogP contribution < -0.4 is 72.0 Å². The number of carbonyl (C=O) groups excluding carboxylic acids is 8. The van der Waals surface area contributed by atoms with Gasteiger partial charge < -0.3 is 77.1 Å². The van der Waals surface area contributed by atoms with Crippen LogP contribution in [0, 0.1) is 11.8 Å². The highest BCUT2D eigenvalue weighted by Crippen LogP contribution is 2.14. The van der Waals surface area contributed by atoms with Gasteiger partial charge in [-0.05, 0) is 55.9 Å². The third kappa shape index (κ3) is 23.6. The Hall–Kier alpha value is -7.05. The van der Waals surface area contributed by atoms with Gasteiger partial charge in [-0.2, -0.15) is 0 Å². The van der Waals surface area contributed by atoms with Crippen molar-refractivity contribution in [3.63, 3.8) is 0 Å². The fourth-order valence-corrected chi connectivity index (χ4v) is 6.45. The second kappa shape index (κ2) is 30.2. The van der Waals surface area contributed by atoms with Gasteiger partial charge >= 0.3 is 5.97 Å². The molecule has 25 heteroatoms. The smallest absolute Gasteiger partial charge is 0.326 e. The van der Waals surface area contributed by atoms with E-state index in [4.69, 9.17) is 40.1 Å². The number of nitrogens with zero attached hydrogens (tertiary/aromatic N) is 2. The first-order valence-electron chi connectivity index (χ1n) is 22.0. The third-order valence-corrected chi connectivity index (χ3v) is 10.3. The van der Waals surface area contributed by atoms with Gasteiger partial charge in [0.05, 0.1) is 12.5 Å². The predicted octanol–water partition coefficient (Wildman–Crippen LogP) is -4.11. The summed E-state index contributed by atoms with van der Waals surface area (Å²) in [6.45, 7) is 7.24. The molecule has 8 atom stereocenters. The second-order valence-corrected chi connectivity index (χ2v) is 16.5. The summed E-state index contributed by atoms with van der Waals surface area (Å²) in [5, 5.41) is 25.0. The quantitative estimate of drug-likeness (QED) is 0.0185. The molecule has 8 amide bonds. The minimum Gasteiger partial charge on any atom is -0.480 e. The van der Waals surface area contributed by atoms with Crippen LogP contribution in [0.2, 0.25) is 0 Å². The van der Waals surface area contributed by atoms with Gasteiger partial charge in [-0.25, -0.2) is 4.79 Å². The molecule has 1 rings (SSSR count). The summed E-state index contributed by atoms with van der Waals surface area (Å²) in [4.78, 5) is 126. The van der Waals surface area contributed by atoms with Crippen LogP contribution in [0.25, 0.3) is 0 Å². The molecule has 0 unspecified atom stereocenters. The lowest BCUT2D eigenvalue weighted by molar-refractivity contribution is -0.142. The van der Waals surface area contributed by atoms with Gasteiger partial charge in [0.15, 0.2) is 11.9 Å². The molecule has 67 heavy (non-hydrogen) atoms. The van der Waals surface area contributed by atoms with Crippen molar-refractivity contribution >= 4 is 65.1 Å². The number of rotatable bonds is 32. The van der Waals surface area contributed by atoms with Gasteiger partial charge in [0.25, 0.3) is 0 Å². The zero-order valence-corrected chi connectivity index (χ0v) is 38.6. The second-order valence-electron chi connectivity index (χ2n) is 16.5. The van der Waals surface area contributed by atoms with Crippen molar-refractivity contribution in [1.82, 2.24) is 31.9 Å². The zero-order chi connectivity index (χ0) is 50.8. The molecule has 0 bridgehead atoms. The lowest BCUT2D eigenvalue weighted by atomic mass is 9.95. The largest absolute Gasteiger partial charge is 0.480 e. The van der Waals surface area contributed by atoms with E-state index < -0.39 is 108 Å². The molecule has 1 aromatic rings. The van der Waals surface area contributed by atoms with Crippen LogP contribution in [0.3, 0.4) is 0 Å². The maximum atomic E-state index is 14.2. The number of guanidine groups is 2. The van der Waals surface area contributed by atoms with Gasteiger partial charge in [-0.1, -0.05) is 64.4 Å². The lowest BCUT2D eigenvalue weighted by Gasteiger charge is -2.30. The van der Waals surface area contributed by atoms with Crippen molar-refractivity contribution in [1.29, 1.82) is 0 Å². The van der Waals surface area contributed by atoms with E-state index in [1.54, 1.807) is 58.0 Å². The Morgan fingerprint density at radius 3 is 1.60 bits per heavy atom. The SMILES string of the molecule is CC[C@H](C)[C@H](NC(=O)[C@H](Cc1ccccc1)NC(=O)[C@H](CC(N)=O)NC(=O)[C@@H](N)CCCN=C(N)N)C(=O)N[C@@H](CC(C)C)C(=O)N[C@@H](CCC(N)=O)C(=O)N[C@@H](CCCN=C(N)N)C(=O)O. The Morgan fingerprint density at radius 2 is 1.07 bits per heavy atom. The number of nitrogens with one attached hydrogen (secondary N) is 6. The Balaban J connectivity index is 3.44. The highest BCUT2D eigenvalue weighted by molar-refractivity contribution is 5.98. The molecule has 0 heterocycles. The molecule has 0 radical (unpaired) electrons. The van der Waals surface area contributed by atoms with E-state index in [1.807, 2.05) is 0 Å². The molecule has 0 fully saturated rings. The van der Waals surface area contributed by atoms with E-state index in [0.29, 0.717) is 18.4 Å². The molecule has 0 spiro atoms. The number of amides is 8. The van der Waals surface area contributed by atoms with Crippen LogP contribution in [0.15, 0.2) is 40.3 Å². The Kier molecular flexibility index (Phi) is 26.1. The summed E-state index contributed by atoms with van der Waals surface area (Å²) < 4.78 is 0. The van der Waals surface area contributed by atoms with Crippen molar-refractivity contribution in [2.75, 3.05) is 13.1 Å². The third-order valence-electron chi connectivity index (χ3n) is 10.3. The minimum atomic E-state index is -1.55. The van der Waals surface area contributed by atoms with Gasteiger partial charge in [0.1, 0.15) is 36.3 Å². The molecule has 0 aliphatic heterocycles. The highest BCUT2D eigenvalue weighted by atomic mass is 16.4. The van der Waals surface area contributed by atoms with Gasteiger partial charge in [0, 0.05) is 25.9 Å². The predicted molar refractivity (Wildman–Crippen MR) is 248 cm³/mol. The number of nitrogens with two attached hydrogens (primary N) is 7. The summed E-state index contributed by atoms with van der Waals surface area (Å²) in [5.41, 5.74) is 38.7. The summed E-state index contributed by atoms with van der Waals surface area (Å²) in [6.07, 6.45) is -0.525. The summed E-state index contributed by atoms with van der Waals surface area (Å²) >= 11 is 0. The summed E-state index contributed by atoms with van der Waals surface area (Å²) in [7, 11) is 0. The van der Waals surface area contributed by atoms with Crippen molar-refractivity contribution < 1.29 is 48.3 Å². The zero-order valence-electron chi connectivity index (χ0n) is 38.6. The number of primary amides is 2. The number of aliphatic imine (C=N–C) groups is 2. The van der Waals surface area contributed by atoms with Gasteiger partial charge in [-0.15, -0.1) is 0 Å². The van der Waals surface area contributed by atoms with Crippen molar-refractivity contribution in [3.05, 3.63) is 35.9 Å². The number of hydrogen-bond acceptors (Lipinski definition) is 12. The normalized spacial score (nSPS) is 14.5. The number of carboxylic acid groups (broad SMARTS) is 1. The fourth-order valence-electron chi connectivity index (χ4n) is 6.45. The molecule has 374 valence electrons. The number of aliphatic carboxylic acids is 1. The highest BCUT2D eigenvalue weighted by Gasteiger charge is 2.36. The molecular formula is C42H71N15O10. The molecular weight excluding hydrogens is 875 g/mol. The molecule has 0 aromatic heterocycles. The Labute approximate surface area is 389 Å². The van der Waals surface area contributed by atoms with Crippen LogP contribution in [-0.4, -0.2) is 126 Å². The maximum Gasteiger partial charge on any atom is 0.326 e. The number of carbonyl (C=O) groups is 9. The molecule has 1 aromatic carbocycles. The number of carboxylic acids is 1. The molecule has 0 saturated heterocycles. The molecule has 0 aliphatic carbocycles. The topological polar surface area (TPSA) is 453 Å². The minimum absolute atomic E-state index is 0.0328. The van der Waals surface area contributed by atoms with Gasteiger partial charge in [-0.3, -0.25) is 48.3 Å². The Bertz CT molecular complexity index is 1890. The molecule has 25 nitrogen and oxygen atoms in total. The van der Waals surface area contributed by atoms with Crippen LogP contribution in [0.5, 0.6) is 0 Å². The van der Waals surface area contributed by atoms with E-state index >= 15 is 0 Å². The fraction of sp³-hybridized carbons (Fsp3) is 0.595. The average Bonchev–Trinajstić information content (AvgIpc) is 3.24. The first-order chi connectivity index (χ1) is 31.4. The number of hydrogen-bond donors (Lipinski definition) is 14. The van der Waals surface area contributed by atoms with E-state index in [-0.39, 0.29) is 75.9 Å². The summed E-state index contributed by atoms with van der Waals surface area (Å²) in [5.74, 6) is -9.42. The molecule has 0 saturated carbocycles. The maximum absolute atomic E-state index is 14.2. The number of benzene rings is 1. The van der Waals surface area contributed by atoms with Crippen LogP contribution in [-0.2, 0) is 49.6 Å². The molecule has 21 N–H and O–H groups in total. The van der Waals surface area contributed by atoms with Crippen LogP contribution in [0.4, 0.5) is 0 Å². The Morgan fingerprint density at radius 1 is 0.582 bits per heavy atom. The van der Waals surface area contributed by atoms with E-state index in [0.717, 1.165) is 0 Å². The lowest BCUT2D eigenvalue weighted by Crippen LogP contribution is -2.61. The van der Waals surface area contributed by atoms with E-state index in [2.05, 4.69) is 41.9 Å². The van der Waals surface area contributed by atoms with E-state index in [1.165, 1.54) is 0 Å². The van der Waals surface area contributed by atoms with Gasteiger partial charge in [0.2, 0.25) is 47.3 Å². The monoisotopic (exact) mass is 946 g/mol. The van der Waals surface area contributed by atoms with Crippen LogP contribution >= 0.6 is 0 Å². The first-order valence-corrected chi connectivity index (χ1v) is 22.0. The first kappa shape index (κ1) is 58.0. The average molecular weight is 946 g/mol. The molecule has 0 aliphatic rings. The van der Waals surface area contributed by atoms with Crippen LogP contribution in [0.1, 0.15) is 91.0 Å². The summed E-state index contributed by atoms with van der Waals surface area (Å²) in [6, 6.07) is -1.04. The van der Waals surface area contributed by atoms with Crippen molar-refractivity contribution in [3.8, 4) is 0 Å². The van der Waals surface area contributed by atoms with E-state index in [9.17, 15) is 48.3 Å². The van der Waals surface area contributed by atoms with Crippen molar-refractivity contribution in [2.24, 2.45) is 62.0 Å². The van der Waals surface area contributed by atoms with Crippen molar-refractivity contribution in [2.45, 2.75) is 134 Å². The standard InChI is InChI=1S/C42H71N15O10/c1-5-23(4)33(39(65)56-28(19-22(2)3)36(62)52-26(15-16-31(44)58)35(61)53-27(40(66)67)14-10-18-51-42(48)49)57-38(64)29(20-24-11-7-6-8-12-24)55-37(63)30(21-32(45)59)54-34(60)25(43)13-9-17-50-41(46)47/h6-8,11-12,22-23,25-30,33H,5,9-10,13-21,43H2,1-4H3,(H2,44,58)(H2,45,59)(H,52,62)(H,53,61)(H,54,60)(H,55,63)(H,56,65)(H,57,64)(H,66,67)(H4,46,47,50)(H4,48,49,51)/t23-,25-,26-,27-,28-,29-,30-,33-/m0/s1.